The Labute approximate surface area is 189 Å². The van der Waals surface area contributed by atoms with Gasteiger partial charge in [0.2, 0.25) is 11.1 Å². The second kappa shape index (κ2) is 8.27. The van der Waals surface area contributed by atoms with Crippen LogP contribution < -0.4 is 5.32 Å². The van der Waals surface area contributed by atoms with Crippen LogP contribution in [0.1, 0.15) is 52.4 Å². The maximum atomic E-state index is 12.9. The van der Waals surface area contributed by atoms with E-state index in [0.29, 0.717) is 23.3 Å². The number of Topliss-reactive ketones (excluding diaryl/α,β-unsaturated/α-hetero) is 1. The van der Waals surface area contributed by atoms with Crippen molar-refractivity contribution in [2.75, 3.05) is 5.32 Å². The van der Waals surface area contributed by atoms with Gasteiger partial charge in [0.25, 0.3) is 0 Å². The number of rotatable bonds is 5. The molecule has 0 unspecified atom stereocenters. The van der Waals surface area contributed by atoms with Gasteiger partial charge in [-0.25, -0.2) is 9.48 Å². The fraction of sp³-hybridized carbons (Fsp3) is 0.250. The van der Waals surface area contributed by atoms with Crippen LogP contribution in [0.5, 0.6) is 0 Å². The Morgan fingerprint density at radius 1 is 1.19 bits per heavy atom. The molecule has 2 N–H and O–H groups in total. The fourth-order valence-electron chi connectivity index (χ4n) is 4.27. The molecule has 2 aromatic carbocycles. The summed E-state index contributed by atoms with van der Waals surface area (Å²) in [7, 11) is 0. The molecule has 2 heterocycles. The lowest BCUT2D eigenvalue weighted by molar-refractivity contribution is -0.116. The highest BCUT2D eigenvalue weighted by Gasteiger charge is 2.37. The number of aromatic nitrogens is 3. The average Bonchev–Trinajstić information content (AvgIpc) is 3.20. The molecule has 7 nitrogen and oxygen atoms in total. The van der Waals surface area contributed by atoms with Crippen molar-refractivity contribution < 1.29 is 14.7 Å². The number of carbonyl (C=O) groups excluding carboxylic acids is 1. The number of hydrogen-bond donors (Lipinski definition) is 2. The predicted molar refractivity (Wildman–Crippen MR) is 122 cm³/mol. The van der Waals surface area contributed by atoms with Crippen LogP contribution in [0, 0.1) is 6.92 Å². The van der Waals surface area contributed by atoms with Crippen molar-refractivity contribution in [2.24, 2.45) is 0 Å². The van der Waals surface area contributed by atoms with Gasteiger partial charge in [-0.2, -0.15) is 4.98 Å². The maximum Gasteiger partial charge on any atom is 0.335 e. The number of nitrogens with one attached hydrogen (secondary N) is 1. The van der Waals surface area contributed by atoms with Crippen LogP contribution in [0.2, 0.25) is 0 Å². The Morgan fingerprint density at radius 3 is 2.72 bits per heavy atom. The van der Waals surface area contributed by atoms with Gasteiger partial charge in [0.15, 0.2) is 5.78 Å². The van der Waals surface area contributed by atoms with Gasteiger partial charge < -0.3 is 10.4 Å². The Bertz CT molecular complexity index is 1250. The number of carboxylic acid groups (broad SMARTS) is 1. The zero-order chi connectivity index (χ0) is 22.2. The quantitative estimate of drug-likeness (QED) is 0.553. The van der Waals surface area contributed by atoms with E-state index in [4.69, 9.17) is 15.2 Å². The van der Waals surface area contributed by atoms with Gasteiger partial charge in [-0.15, -0.1) is 5.10 Å². The average molecular weight is 447 g/mol. The smallest absolute Gasteiger partial charge is 0.335 e. The van der Waals surface area contributed by atoms with Crippen LogP contribution >= 0.6 is 11.8 Å². The van der Waals surface area contributed by atoms with Crippen molar-refractivity contribution in [3.05, 3.63) is 82.1 Å². The fourth-order valence-corrected chi connectivity index (χ4v) is 5.06. The van der Waals surface area contributed by atoms with Crippen molar-refractivity contribution in [1.82, 2.24) is 14.8 Å². The van der Waals surface area contributed by atoms with Gasteiger partial charge in [-0.05, 0) is 48.6 Å². The molecule has 0 radical (unpaired) electrons. The Balaban J connectivity index is 1.46. The first-order valence-corrected chi connectivity index (χ1v) is 11.5. The number of allylic oxidation sites excluding steroid dienone is 2. The number of hydrogen-bond acceptors (Lipinski definition) is 6. The van der Waals surface area contributed by atoms with Crippen molar-refractivity contribution in [3.8, 4) is 0 Å². The molecule has 0 saturated heterocycles. The van der Waals surface area contributed by atoms with Gasteiger partial charge in [-0.1, -0.05) is 48.2 Å². The number of anilines is 1. The van der Waals surface area contributed by atoms with E-state index in [1.807, 2.05) is 16.8 Å². The second-order valence-corrected chi connectivity index (χ2v) is 8.95. The van der Waals surface area contributed by atoms with Crippen LogP contribution in [0.3, 0.4) is 0 Å². The first-order chi connectivity index (χ1) is 15.5. The Hall–Kier alpha value is -3.39. The molecule has 0 amide bonds. The summed E-state index contributed by atoms with van der Waals surface area (Å²) in [5.41, 5.74) is 5.17. The lowest BCUT2D eigenvalue weighted by Gasteiger charge is -2.32. The van der Waals surface area contributed by atoms with Gasteiger partial charge in [0.05, 0.1) is 5.56 Å². The number of nitrogens with zero attached hydrogens (tertiary/aromatic N) is 3. The molecule has 0 bridgehead atoms. The van der Waals surface area contributed by atoms with Crippen LogP contribution in [0.4, 0.5) is 5.95 Å². The van der Waals surface area contributed by atoms with E-state index >= 15 is 0 Å². The highest BCUT2D eigenvalue weighted by molar-refractivity contribution is 7.98. The monoisotopic (exact) mass is 446 g/mol. The molecule has 8 heteroatoms. The van der Waals surface area contributed by atoms with Crippen molar-refractivity contribution in [2.45, 2.75) is 43.1 Å². The minimum Gasteiger partial charge on any atom is -0.478 e. The molecule has 1 aromatic heterocycles. The zero-order valence-corrected chi connectivity index (χ0v) is 18.4. The van der Waals surface area contributed by atoms with E-state index in [2.05, 4.69) is 24.4 Å². The van der Waals surface area contributed by atoms with Crippen LogP contribution in [0.25, 0.3) is 0 Å². The lowest BCUT2D eigenvalue weighted by atomic mass is 9.84. The molecule has 162 valence electrons. The molecule has 0 saturated carbocycles. The summed E-state index contributed by atoms with van der Waals surface area (Å²) < 4.78 is 1.83. The molecule has 5 rings (SSSR count). The molecule has 0 fully saturated rings. The van der Waals surface area contributed by atoms with E-state index in [1.54, 1.807) is 24.3 Å². The SMILES string of the molecule is Cc1ccccc1[C@H]1C2=C(CCCC2=O)Nc2nc(SCc3ccc(C(=O)O)cc3)nn21. The summed E-state index contributed by atoms with van der Waals surface area (Å²) in [6.45, 7) is 2.05. The summed E-state index contributed by atoms with van der Waals surface area (Å²) in [6.07, 6.45) is 2.23. The highest BCUT2D eigenvalue weighted by atomic mass is 32.2. The van der Waals surface area contributed by atoms with Crippen LogP contribution in [0.15, 0.2) is 65.0 Å². The van der Waals surface area contributed by atoms with Gasteiger partial charge in [0.1, 0.15) is 6.04 Å². The molecule has 3 aromatic rings. The van der Waals surface area contributed by atoms with Gasteiger partial charge in [-0.3, -0.25) is 4.79 Å². The van der Waals surface area contributed by atoms with E-state index in [0.717, 1.165) is 40.8 Å². The second-order valence-electron chi connectivity index (χ2n) is 8.01. The summed E-state index contributed by atoms with van der Waals surface area (Å²) in [5.74, 6) is 0.494. The lowest BCUT2D eigenvalue weighted by Crippen LogP contribution is -2.31. The largest absolute Gasteiger partial charge is 0.478 e. The van der Waals surface area contributed by atoms with Gasteiger partial charge >= 0.3 is 5.97 Å². The zero-order valence-electron chi connectivity index (χ0n) is 17.5. The molecule has 32 heavy (non-hydrogen) atoms. The highest BCUT2D eigenvalue weighted by Crippen LogP contribution is 2.41. The third kappa shape index (κ3) is 3.71. The van der Waals surface area contributed by atoms with Crippen molar-refractivity contribution in [3.63, 3.8) is 0 Å². The number of aromatic carboxylic acids is 1. The van der Waals surface area contributed by atoms with Crippen LogP contribution in [-0.2, 0) is 10.5 Å². The standard InChI is InChI=1S/C24H22N4O3S/c1-14-5-2-3-6-17(14)21-20-18(7-4-8-19(20)29)25-23-26-24(27-28(21)23)32-13-15-9-11-16(12-10-15)22(30)31/h2-3,5-6,9-12,21H,4,7-8,13H2,1H3,(H,30,31)(H,25,26,27)/t21-/m0/s1. The predicted octanol–water partition coefficient (Wildman–Crippen LogP) is 4.60. The Kier molecular flexibility index (Phi) is 5.30. The van der Waals surface area contributed by atoms with E-state index in [-0.39, 0.29) is 17.4 Å². The number of carbonyl (C=O) groups is 2. The molecule has 1 aliphatic carbocycles. The molecule has 2 aliphatic rings. The minimum absolute atomic E-state index is 0.167. The number of thioether (sulfide) groups is 1. The van der Waals surface area contributed by atoms with E-state index < -0.39 is 5.97 Å². The minimum atomic E-state index is -0.938. The summed E-state index contributed by atoms with van der Waals surface area (Å²) in [6, 6.07) is 14.6. The summed E-state index contributed by atoms with van der Waals surface area (Å²) >= 11 is 1.48. The molecular formula is C24H22N4O3S. The third-order valence-electron chi connectivity index (χ3n) is 5.90. The number of fused-ring (bicyclic) bond motifs is 1. The van der Waals surface area contributed by atoms with Crippen LogP contribution in [-0.4, -0.2) is 31.6 Å². The van der Waals surface area contributed by atoms with Gasteiger partial charge in [0, 0.05) is 23.4 Å². The summed E-state index contributed by atoms with van der Waals surface area (Å²) in [5, 5.41) is 17.8. The Morgan fingerprint density at radius 2 is 1.97 bits per heavy atom. The molecular weight excluding hydrogens is 424 g/mol. The number of ketones is 1. The number of benzene rings is 2. The first-order valence-electron chi connectivity index (χ1n) is 10.5. The molecule has 1 atom stereocenters. The normalized spacial score (nSPS) is 17.5. The summed E-state index contributed by atoms with van der Waals surface area (Å²) in [4.78, 5) is 28.7. The molecule has 0 spiro atoms. The van der Waals surface area contributed by atoms with E-state index in [9.17, 15) is 9.59 Å². The first kappa shape index (κ1) is 20.5. The van der Waals surface area contributed by atoms with Crippen molar-refractivity contribution in [1.29, 1.82) is 0 Å². The number of aryl methyl sites for hydroxylation is 1. The maximum absolute atomic E-state index is 12.9. The van der Waals surface area contributed by atoms with Crippen molar-refractivity contribution >= 4 is 29.5 Å². The molecule has 1 aliphatic heterocycles. The number of carboxylic acids is 1. The third-order valence-corrected chi connectivity index (χ3v) is 6.81. The van der Waals surface area contributed by atoms with E-state index in [1.165, 1.54) is 11.8 Å². The topological polar surface area (TPSA) is 97.1 Å².